The summed E-state index contributed by atoms with van der Waals surface area (Å²) in [4.78, 5) is 6.57. The third-order valence-electron chi connectivity index (χ3n) is 3.52. The van der Waals surface area contributed by atoms with Crippen molar-refractivity contribution in [1.82, 2.24) is 9.97 Å². The number of hydrogen-bond acceptors (Lipinski definition) is 3. The largest absolute Gasteiger partial charge is 0.451 e. The minimum Gasteiger partial charge on any atom is -0.451 e. The van der Waals surface area contributed by atoms with Crippen molar-refractivity contribution in [3.8, 4) is 23.0 Å². The van der Waals surface area contributed by atoms with Crippen LogP contribution < -0.4 is 4.74 Å². The summed E-state index contributed by atoms with van der Waals surface area (Å²) in [6.45, 7) is 0. The lowest BCUT2D eigenvalue weighted by Gasteiger charge is -2.10. The number of fused-ring (bicyclic) bond motifs is 1. The smallest absolute Gasteiger partial charge is 0.228 e. The lowest BCUT2D eigenvalue weighted by molar-refractivity contribution is 0.410. The maximum absolute atomic E-state index is 14.4. The van der Waals surface area contributed by atoms with Crippen LogP contribution in [0.5, 0.6) is 11.5 Å². The zero-order valence-corrected chi connectivity index (χ0v) is 12.0. The van der Waals surface area contributed by atoms with Gasteiger partial charge >= 0.3 is 0 Å². The summed E-state index contributed by atoms with van der Waals surface area (Å²) in [5.74, 6) is -2.77. The molecule has 4 nitrogen and oxygen atoms in total. The van der Waals surface area contributed by atoms with Crippen LogP contribution in [0.25, 0.3) is 22.4 Å². The fraction of sp³-hybridized carbons (Fsp3) is 0. The molecule has 0 aliphatic carbocycles. The standard InChI is InChI=1S/C17H9F3N2O2/c18-12-2-1-9(7-11(12)17-22-5-6-23-17)24-16-13(19)8-14-10(15(16)20)3-4-21-14/h1-8,21H. The molecular formula is C17H9F3N2O2. The van der Waals surface area contributed by atoms with Crippen LogP contribution >= 0.6 is 0 Å². The summed E-state index contributed by atoms with van der Waals surface area (Å²) in [6.07, 6.45) is 4.15. The third-order valence-corrected chi connectivity index (χ3v) is 3.52. The molecule has 0 bridgehead atoms. The SMILES string of the molecule is Fc1ccc(Oc2c(F)cc3[nH]ccc3c2F)cc1-c1ncco1. The second-order valence-electron chi connectivity index (χ2n) is 5.02. The van der Waals surface area contributed by atoms with Crippen LogP contribution in [0, 0.1) is 17.5 Å². The van der Waals surface area contributed by atoms with E-state index < -0.39 is 23.2 Å². The van der Waals surface area contributed by atoms with E-state index in [0.717, 1.165) is 12.1 Å². The highest BCUT2D eigenvalue weighted by Gasteiger charge is 2.18. The predicted octanol–water partition coefficient (Wildman–Crippen LogP) is 5.03. The fourth-order valence-electron chi connectivity index (χ4n) is 2.41. The van der Waals surface area contributed by atoms with Crippen LogP contribution in [0.15, 0.2) is 53.4 Å². The molecule has 4 rings (SSSR count). The van der Waals surface area contributed by atoms with Crippen molar-refractivity contribution in [1.29, 1.82) is 0 Å². The van der Waals surface area contributed by atoms with Crippen molar-refractivity contribution in [2.45, 2.75) is 0 Å². The Bertz CT molecular complexity index is 1030. The van der Waals surface area contributed by atoms with Crippen molar-refractivity contribution in [3.05, 3.63) is 66.4 Å². The molecule has 2 aromatic carbocycles. The van der Waals surface area contributed by atoms with Gasteiger partial charge in [0, 0.05) is 17.6 Å². The Labute approximate surface area is 133 Å². The van der Waals surface area contributed by atoms with Gasteiger partial charge in [0.2, 0.25) is 5.89 Å². The summed E-state index contributed by atoms with van der Waals surface area (Å²) in [5, 5.41) is 0.196. The first-order chi connectivity index (χ1) is 11.6. The van der Waals surface area contributed by atoms with Crippen molar-refractivity contribution in [3.63, 3.8) is 0 Å². The molecule has 2 heterocycles. The van der Waals surface area contributed by atoms with Gasteiger partial charge in [-0.1, -0.05) is 0 Å². The van der Waals surface area contributed by atoms with Gasteiger partial charge in [0.1, 0.15) is 17.8 Å². The highest BCUT2D eigenvalue weighted by atomic mass is 19.1. The Morgan fingerprint density at radius 2 is 1.92 bits per heavy atom. The Morgan fingerprint density at radius 3 is 2.71 bits per heavy atom. The third kappa shape index (κ3) is 2.30. The van der Waals surface area contributed by atoms with Crippen LogP contribution in [-0.2, 0) is 0 Å². The highest BCUT2D eigenvalue weighted by molar-refractivity contribution is 5.82. The fourth-order valence-corrected chi connectivity index (χ4v) is 2.41. The van der Waals surface area contributed by atoms with Gasteiger partial charge < -0.3 is 14.1 Å². The molecule has 0 atom stereocenters. The van der Waals surface area contributed by atoms with E-state index in [-0.39, 0.29) is 22.6 Å². The van der Waals surface area contributed by atoms with Gasteiger partial charge in [-0.2, -0.15) is 0 Å². The second kappa shape index (κ2) is 5.45. The number of ether oxygens (including phenoxy) is 1. The van der Waals surface area contributed by atoms with Crippen LogP contribution in [-0.4, -0.2) is 9.97 Å². The summed E-state index contributed by atoms with van der Waals surface area (Å²) < 4.78 is 52.8. The maximum atomic E-state index is 14.4. The van der Waals surface area contributed by atoms with E-state index in [1.165, 1.54) is 36.9 Å². The highest BCUT2D eigenvalue weighted by Crippen LogP contribution is 2.34. The molecule has 120 valence electrons. The normalized spacial score (nSPS) is 11.1. The van der Waals surface area contributed by atoms with Crippen molar-refractivity contribution < 1.29 is 22.3 Å². The van der Waals surface area contributed by atoms with Crippen molar-refractivity contribution in [2.75, 3.05) is 0 Å². The van der Waals surface area contributed by atoms with Gasteiger partial charge in [-0.3, -0.25) is 0 Å². The average molecular weight is 330 g/mol. The molecule has 0 radical (unpaired) electrons. The number of nitrogens with one attached hydrogen (secondary N) is 1. The van der Waals surface area contributed by atoms with Crippen LogP contribution in [0.1, 0.15) is 0 Å². The quantitative estimate of drug-likeness (QED) is 0.573. The molecule has 0 spiro atoms. The molecule has 7 heteroatoms. The minimum absolute atomic E-state index is 0.0287. The van der Waals surface area contributed by atoms with E-state index in [1.54, 1.807) is 0 Å². The van der Waals surface area contributed by atoms with Crippen molar-refractivity contribution in [2.24, 2.45) is 0 Å². The van der Waals surface area contributed by atoms with Crippen LogP contribution in [0.2, 0.25) is 0 Å². The van der Waals surface area contributed by atoms with E-state index in [2.05, 4.69) is 9.97 Å². The van der Waals surface area contributed by atoms with E-state index in [4.69, 9.17) is 9.15 Å². The molecule has 0 saturated heterocycles. The first-order valence-electron chi connectivity index (χ1n) is 6.96. The van der Waals surface area contributed by atoms with Crippen molar-refractivity contribution >= 4 is 10.9 Å². The second-order valence-corrected chi connectivity index (χ2v) is 5.02. The molecule has 0 fully saturated rings. The average Bonchev–Trinajstić information content (AvgIpc) is 3.24. The minimum atomic E-state index is -0.871. The summed E-state index contributed by atoms with van der Waals surface area (Å²) in [5.41, 5.74) is 0.345. The number of aromatic nitrogens is 2. The molecule has 0 aliphatic heterocycles. The predicted molar refractivity (Wildman–Crippen MR) is 80.2 cm³/mol. The van der Waals surface area contributed by atoms with E-state index >= 15 is 0 Å². The lowest BCUT2D eigenvalue weighted by Crippen LogP contribution is -1.95. The number of nitrogens with zero attached hydrogens (tertiary/aromatic N) is 1. The van der Waals surface area contributed by atoms with E-state index in [0.29, 0.717) is 5.52 Å². The summed E-state index contributed by atoms with van der Waals surface area (Å²) in [6, 6.07) is 6.24. The van der Waals surface area contributed by atoms with Gasteiger partial charge in [-0.25, -0.2) is 18.2 Å². The number of aromatic amines is 1. The summed E-state index contributed by atoms with van der Waals surface area (Å²) >= 11 is 0. The Hall–Kier alpha value is -3.22. The molecule has 2 aromatic heterocycles. The zero-order chi connectivity index (χ0) is 16.7. The van der Waals surface area contributed by atoms with Crippen LogP contribution in [0.4, 0.5) is 13.2 Å². The Balaban J connectivity index is 1.78. The molecule has 0 aliphatic rings. The lowest BCUT2D eigenvalue weighted by atomic mass is 10.2. The topological polar surface area (TPSA) is 51.0 Å². The van der Waals surface area contributed by atoms with Gasteiger partial charge in [-0.05, 0) is 24.3 Å². The molecule has 4 aromatic rings. The van der Waals surface area contributed by atoms with Gasteiger partial charge in [-0.15, -0.1) is 0 Å². The molecule has 0 saturated carbocycles. The Morgan fingerprint density at radius 1 is 1.04 bits per heavy atom. The number of halogens is 3. The number of hydrogen-bond donors (Lipinski definition) is 1. The monoisotopic (exact) mass is 330 g/mol. The van der Waals surface area contributed by atoms with E-state index in [9.17, 15) is 13.2 Å². The Kier molecular flexibility index (Phi) is 3.26. The number of H-pyrrole nitrogens is 1. The molecular weight excluding hydrogens is 321 g/mol. The van der Waals surface area contributed by atoms with E-state index in [1.807, 2.05) is 0 Å². The number of rotatable bonds is 3. The first kappa shape index (κ1) is 14.4. The molecule has 0 amide bonds. The van der Waals surface area contributed by atoms with Gasteiger partial charge in [0.05, 0.1) is 17.3 Å². The first-order valence-corrected chi connectivity index (χ1v) is 6.96. The number of benzene rings is 2. The summed E-state index contributed by atoms with van der Waals surface area (Å²) in [7, 11) is 0. The van der Waals surface area contributed by atoms with Crippen LogP contribution in [0.3, 0.4) is 0 Å². The number of oxazole rings is 1. The zero-order valence-electron chi connectivity index (χ0n) is 12.0. The van der Waals surface area contributed by atoms with Gasteiger partial charge in [0.25, 0.3) is 0 Å². The molecule has 0 unspecified atom stereocenters. The maximum Gasteiger partial charge on any atom is 0.228 e. The van der Waals surface area contributed by atoms with Gasteiger partial charge in [0.15, 0.2) is 17.4 Å². The molecule has 24 heavy (non-hydrogen) atoms. The molecule has 1 N–H and O–H groups in total.